The standard InChI is InChI=1S/C45H26N2O2/c1-2-12-28(13-3-1)45-46-42-32(18-10-20-40(42)49-45)30-22-24-39-35(25-30)36-26-29-14-5-7-16-33(29)43(44(36)48-39)47-37-19-9-8-17-34(37)41-31-15-6-4-11-27(31)21-23-38(41)47/h1-26H. The second-order valence-corrected chi connectivity index (χ2v) is 12.7. The number of rotatable bonds is 3. The molecule has 49 heavy (non-hydrogen) atoms. The van der Waals surface area contributed by atoms with Gasteiger partial charge in [0.1, 0.15) is 11.1 Å². The van der Waals surface area contributed by atoms with Crippen molar-refractivity contribution < 1.29 is 8.83 Å². The summed E-state index contributed by atoms with van der Waals surface area (Å²) in [6.07, 6.45) is 0. The van der Waals surface area contributed by atoms with E-state index in [0.29, 0.717) is 5.89 Å². The van der Waals surface area contributed by atoms with E-state index in [-0.39, 0.29) is 0 Å². The van der Waals surface area contributed by atoms with Gasteiger partial charge in [0.05, 0.1) is 16.7 Å². The summed E-state index contributed by atoms with van der Waals surface area (Å²) in [6.45, 7) is 0. The predicted octanol–water partition coefficient (Wildman–Crippen LogP) is 12.5. The minimum atomic E-state index is 0.618. The molecule has 0 N–H and O–H groups in total. The van der Waals surface area contributed by atoms with Crippen LogP contribution >= 0.6 is 0 Å². The number of fused-ring (bicyclic) bond motifs is 10. The molecule has 3 aromatic heterocycles. The summed E-state index contributed by atoms with van der Waals surface area (Å²) in [5, 5.41) is 9.41. The molecule has 0 aliphatic rings. The Morgan fingerprint density at radius 1 is 0.449 bits per heavy atom. The Morgan fingerprint density at radius 2 is 1.22 bits per heavy atom. The van der Waals surface area contributed by atoms with Crippen LogP contribution in [-0.4, -0.2) is 9.55 Å². The number of furan rings is 1. The molecule has 11 aromatic rings. The molecular weight excluding hydrogens is 601 g/mol. The van der Waals surface area contributed by atoms with Gasteiger partial charge in [0.25, 0.3) is 0 Å². The number of benzene rings is 8. The molecule has 0 bridgehead atoms. The van der Waals surface area contributed by atoms with Crippen molar-refractivity contribution in [1.29, 1.82) is 0 Å². The Kier molecular flexibility index (Phi) is 5.35. The summed E-state index contributed by atoms with van der Waals surface area (Å²) in [5.41, 5.74) is 9.73. The van der Waals surface area contributed by atoms with E-state index >= 15 is 0 Å². The third-order valence-electron chi connectivity index (χ3n) is 9.99. The SMILES string of the molecule is c1ccc(-c2nc3c(-c4ccc5oc6c(-n7c8ccccc8c8c9ccccc9ccc87)c7ccccc7cc6c5c4)cccc3o2)cc1. The molecule has 4 heteroatoms. The molecule has 0 atom stereocenters. The van der Waals surface area contributed by atoms with Gasteiger partial charge in [-0.2, -0.15) is 0 Å². The molecule has 0 unspecified atom stereocenters. The van der Waals surface area contributed by atoms with Gasteiger partial charge in [0.15, 0.2) is 11.2 Å². The molecule has 0 aliphatic heterocycles. The first-order valence-electron chi connectivity index (χ1n) is 16.5. The van der Waals surface area contributed by atoms with Gasteiger partial charge in [-0.1, -0.05) is 109 Å². The lowest BCUT2D eigenvalue weighted by molar-refractivity contribution is 0.620. The van der Waals surface area contributed by atoms with E-state index in [2.05, 4.69) is 120 Å². The molecule has 4 nitrogen and oxygen atoms in total. The quantitative estimate of drug-likeness (QED) is 0.196. The molecule has 0 saturated carbocycles. The largest absolute Gasteiger partial charge is 0.454 e. The van der Waals surface area contributed by atoms with Crippen molar-refractivity contribution in [3.05, 3.63) is 158 Å². The Labute approximate surface area is 280 Å². The maximum atomic E-state index is 6.89. The first-order chi connectivity index (χ1) is 24.3. The van der Waals surface area contributed by atoms with E-state index in [1.807, 2.05) is 42.5 Å². The Hall–Kier alpha value is -6.65. The number of oxazole rings is 1. The summed E-state index contributed by atoms with van der Waals surface area (Å²) in [5.74, 6) is 0.618. The van der Waals surface area contributed by atoms with Crippen molar-refractivity contribution >= 4 is 76.4 Å². The third kappa shape index (κ3) is 3.77. The highest BCUT2D eigenvalue weighted by atomic mass is 16.3. The minimum absolute atomic E-state index is 0.618. The van der Waals surface area contributed by atoms with Crippen LogP contribution in [0.4, 0.5) is 0 Å². The van der Waals surface area contributed by atoms with Crippen LogP contribution in [0, 0.1) is 0 Å². The van der Waals surface area contributed by atoms with E-state index in [9.17, 15) is 0 Å². The first kappa shape index (κ1) is 26.4. The average Bonchev–Trinajstić information content (AvgIpc) is 3.86. The highest BCUT2D eigenvalue weighted by Crippen LogP contribution is 2.44. The molecule has 0 spiro atoms. The van der Waals surface area contributed by atoms with E-state index in [1.54, 1.807) is 0 Å². The molecule has 228 valence electrons. The van der Waals surface area contributed by atoms with Crippen LogP contribution in [-0.2, 0) is 0 Å². The fraction of sp³-hybridized carbons (Fsp3) is 0. The van der Waals surface area contributed by atoms with Crippen molar-refractivity contribution in [2.45, 2.75) is 0 Å². The fourth-order valence-corrected chi connectivity index (χ4v) is 7.81. The number of para-hydroxylation sites is 2. The lowest BCUT2D eigenvalue weighted by Crippen LogP contribution is -1.96. The smallest absolute Gasteiger partial charge is 0.227 e. The van der Waals surface area contributed by atoms with Crippen LogP contribution < -0.4 is 0 Å². The Bertz CT molecular complexity index is 3110. The van der Waals surface area contributed by atoms with Gasteiger partial charge in [0, 0.05) is 38.1 Å². The Balaban J connectivity index is 1.21. The molecule has 11 rings (SSSR count). The van der Waals surface area contributed by atoms with Gasteiger partial charge in [0.2, 0.25) is 5.89 Å². The molecule has 0 amide bonds. The second-order valence-electron chi connectivity index (χ2n) is 12.7. The van der Waals surface area contributed by atoms with Crippen LogP contribution in [0.25, 0.3) is 105 Å². The van der Waals surface area contributed by atoms with Crippen molar-refractivity contribution in [1.82, 2.24) is 9.55 Å². The molecule has 0 aliphatic carbocycles. The monoisotopic (exact) mass is 626 g/mol. The molecule has 0 fully saturated rings. The maximum Gasteiger partial charge on any atom is 0.227 e. The number of hydrogen-bond donors (Lipinski definition) is 0. The average molecular weight is 627 g/mol. The Morgan fingerprint density at radius 3 is 2.12 bits per heavy atom. The van der Waals surface area contributed by atoms with Crippen LogP contribution in [0.2, 0.25) is 0 Å². The van der Waals surface area contributed by atoms with Crippen LogP contribution in [0.5, 0.6) is 0 Å². The lowest BCUT2D eigenvalue weighted by Gasteiger charge is -2.13. The van der Waals surface area contributed by atoms with Gasteiger partial charge < -0.3 is 13.4 Å². The third-order valence-corrected chi connectivity index (χ3v) is 9.99. The summed E-state index contributed by atoms with van der Waals surface area (Å²) in [7, 11) is 0. The molecule has 0 saturated heterocycles. The highest BCUT2D eigenvalue weighted by molar-refractivity contribution is 6.24. The minimum Gasteiger partial charge on any atom is -0.454 e. The van der Waals surface area contributed by atoms with Crippen LogP contribution in [0.3, 0.4) is 0 Å². The first-order valence-corrected chi connectivity index (χ1v) is 16.5. The summed E-state index contributed by atoms with van der Waals surface area (Å²) in [4.78, 5) is 4.96. The predicted molar refractivity (Wildman–Crippen MR) is 202 cm³/mol. The number of hydrogen-bond acceptors (Lipinski definition) is 3. The van der Waals surface area contributed by atoms with Gasteiger partial charge in [-0.05, 0) is 70.3 Å². The van der Waals surface area contributed by atoms with Gasteiger partial charge in [-0.15, -0.1) is 0 Å². The van der Waals surface area contributed by atoms with Crippen LogP contribution in [0.1, 0.15) is 0 Å². The summed E-state index contributed by atoms with van der Waals surface area (Å²) < 4.78 is 15.5. The zero-order valence-corrected chi connectivity index (χ0v) is 26.2. The van der Waals surface area contributed by atoms with E-state index in [0.717, 1.165) is 77.2 Å². The van der Waals surface area contributed by atoms with Crippen molar-refractivity contribution in [2.24, 2.45) is 0 Å². The van der Waals surface area contributed by atoms with Gasteiger partial charge in [-0.25, -0.2) is 4.98 Å². The normalized spacial score (nSPS) is 12.1. The highest BCUT2D eigenvalue weighted by Gasteiger charge is 2.22. The van der Waals surface area contributed by atoms with E-state index < -0.39 is 0 Å². The molecule has 8 aromatic carbocycles. The zero-order valence-electron chi connectivity index (χ0n) is 26.2. The van der Waals surface area contributed by atoms with Gasteiger partial charge in [-0.3, -0.25) is 0 Å². The van der Waals surface area contributed by atoms with Crippen molar-refractivity contribution in [2.75, 3.05) is 0 Å². The summed E-state index contributed by atoms with van der Waals surface area (Å²) in [6, 6.07) is 55.4. The molecular formula is C45H26N2O2. The van der Waals surface area contributed by atoms with Crippen molar-refractivity contribution in [3.63, 3.8) is 0 Å². The molecule has 0 radical (unpaired) electrons. The topological polar surface area (TPSA) is 44.1 Å². The van der Waals surface area contributed by atoms with E-state index in [1.165, 1.54) is 21.5 Å². The lowest BCUT2D eigenvalue weighted by atomic mass is 9.99. The van der Waals surface area contributed by atoms with Gasteiger partial charge >= 0.3 is 0 Å². The number of nitrogens with zero attached hydrogens (tertiary/aromatic N) is 2. The molecule has 3 heterocycles. The maximum absolute atomic E-state index is 6.89. The zero-order chi connectivity index (χ0) is 32.1. The second kappa shape index (κ2) is 9.93. The van der Waals surface area contributed by atoms with Crippen LogP contribution in [0.15, 0.2) is 167 Å². The summed E-state index contributed by atoms with van der Waals surface area (Å²) >= 11 is 0. The van der Waals surface area contributed by atoms with E-state index in [4.69, 9.17) is 13.8 Å². The number of aromatic nitrogens is 2. The fourth-order valence-electron chi connectivity index (χ4n) is 7.81. The van der Waals surface area contributed by atoms with Crippen molar-refractivity contribution in [3.8, 4) is 28.3 Å².